The van der Waals surface area contributed by atoms with Crippen molar-refractivity contribution in [2.75, 3.05) is 30.8 Å². The molecule has 3 nitrogen and oxygen atoms in total. The van der Waals surface area contributed by atoms with Gasteiger partial charge in [0.05, 0.1) is 0 Å². The van der Waals surface area contributed by atoms with Crippen molar-refractivity contribution in [3.63, 3.8) is 0 Å². The summed E-state index contributed by atoms with van der Waals surface area (Å²) in [6.07, 6.45) is 2.53. The standard InChI is InChI=1S/C14H20N2OS/c1-16-13-4-2-11(6-7-15-8-9-18)10-12(13)3-5-14(16)17/h2,4,10,15,18H,3,5-9H2,1H3. The summed E-state index contributed by atoms with van der Waals surface area (Å²) in [6, 6.07) is 6.43. The van der Waals surface area contributed by atoms with Gasteiger partial charge in [0.15, 0.2) is 0 Å². The topological polar surface area (TPSA) is 32.3 Å². The van der Waals surface area contributed by atoms with Gasteiger partial charge in [-0.15, -0.1) is 0 Å². The predicted molar refractivity (Wildman–Crippen MR) is 78.6 cm³/mol. The number of thiol groups is 1. The summed E-state index contributed by atoms with van der Waals surface area (Å²) < 4.78 is 0. The maximum absolute atomic E-state index is 11.6. The van der Waals surface area contributed by atoms with Crippen molar-refractivity contribution in [2.24, 2.45) is 0 Å². The number of benzene rings is 1. The van der Waals surface area contributed by atoms with E-state index in [0.29, 0.717) is 6.42 Å². The number of aryl methyl sites for hydroxylation is 1. The first kappa shape index (κ1) is 13.4. The van der Waals surface area contributed by atoms with Crippen LogP contribution in [0.1, 0.15) is 17.5 Å². The molecule has 98 valence electrons. The van der Waals surface area contributed by atoms with Crippen LogP contribution in [0.5, 0.6) is 0 Å². The van der Waals surface area contributed by atoms with Crippen molar-refractivity contribution in [2.45, 2.75) is 19.3 Å². The molecule has 1 amide bonds. The molecule has 0 bridgehead atoms. The normalized spacial score (nSPS) is 14.8. The summed E-state index contributed by atoms with van der Waals surface area (Å²) in [4.78, 5) is 13.4. The molecule has 0 radical (unpaired) electrons. The number of amides is 1. The third-order valence-electron chi connectivity index (χ3n) is 3.37. The lowest BCUT2D eigenvalue weighted by molar-refractivity contribution is -0.118. The van der Waals surface area contributed by atoms with E-state index in [-0.39, 0.29) is 5.91 Å². The lowest BCUT2D eigenvalue weighted by Gasteiger charge is -2.26. The second-order valence-corrected chi connectivity index (χ2v) is 5.09. The second kappa shape index (κ2) is 6.25. The molecule has 0 aromatic heterocycles. The minimum absolute atomic E-state index is 0.214. The fraction of sp³-hybridized carbons (Fsp3) is 0.500. The Morgan fingerprint density at radius 1 is 1.33 bits per heavy atom. The smallest absolute Gasteiger partial charge is 0.227 e. The molecule has 1 aromatic carbocycles. The van der Waals surface area contributed by atoms with E-state index in [0.717, 1.165) is 37.4 Å². The van der Waals surface area contributed by atoms with Crippen molar-refractivity contribution < 1.29 is 4.79 Å². The zero-order chi connectivity index (χ0) is 13.0. The maximum atomic E-state index is 11.6. The SMILES string of the molecule is CN1C(=O)CCc2cc(CCNCCS)ccc21. The molecule has 1 heterocycles. The molecular weight excluding hydrogens is 244 g/mol. The molecule has 0 unspecified atom stereocenters. The van der Waals surface area contributed by atoms with E-state index in [9.17, 15) is 4.79 Å². The Morgan fingerprint density at radius 2 is 2.17 bits per heavy atom. The molecule has 1 aliphatic rings. The van der Waals surface area contributed by atoms with Gasteiger partial charge in [-0.25, -0.2) is 0 Å². The molecule has 4 heteroatoms. The van der Waals surface area contributed by atoms with Crippen LogP contribution >= 0.6 is 12.6 Å². The fourth-order valence-electron chi connectivity index (χ4n) is 2.30. The molecule has 0 aliphatic carbocycles. The number of fused-ring (bicyclic) bond motifs is 1. The lowest BCUT2D eigenvalue weighted by Crippen LogP contribution is -2.31. The van der Waals surface area contributed by atoms with Crippen molar-refractivity contribution in [1.29, 1.82) is 0 Å². The number of carbonyl (C=O) groups excluding carboxylic acids is 1. The van der Waals surface area contributed by atoms with Gasteiger partial charge in [0, 0.05) is 31.5 Å². The zero-order valence-electron chi connectivity index (χ0n) is 10.8. The van der Waals surface area contributed by atoms with E-state index in [2.05, 4.69) is 36.1 Å². The van der Waals surface area contributed by atoms with E-state index >= 15 is 0 Å². The number of nitrogens with one attached hydrogen (secondary N) is 1. The number of anilines is 1. The Kier molecular flexibility index (Phi) is 4.66. The lowest BCUT2D eigenvalue weighted by atomic mass is 9.98. The largest absolute Gasteiger partial charge is 0.316 e. The molecule has 1 N–H and O–H groups in total. The first-order valence-corrected chi connectivity index (χ1v) is 7.05. The molecule has 0 fully saturated rings. The van der Waals surface area contributed by atoms with Crippen LogP contribution in [0.25, 0.3) is 0 Å². The highest BCUT2D eigenvalue weighted by atomic mass is 32.1. The quantitative estimate of drug-likeness (QED) is 0.626. The fourth-order valence-corrected chi connectivity index (χ4v) is 2.46. The molecule has 1 aromatic rings. The van der Waals surface area contributed by atoms with Crippen LogP contribution < -0.4 is 10.2 Å². The van der Waals surface area contributed by atoms with E-state index in [4.69, 9.17) is 0 Å². The Balaban J connectivity index is 2.01. The van der Waals surface area contributed by atoms with Crippen LogP contribution in [-0.2, 0) is 17.6 Å². The molecule has 1 aliphatic heterocycles. The van der Waals surface area contributed by atoms with Crippen LogP contribution in [0.2, 0.25) is 0 Å². The van der Waals surface area contributed by atoms with Gasteiger partial charge in [0.2, 0.25) is 5.91 Å². The van der Waals surface area contributed by atoms with E-state index in [1.54, 1.807) is 4.90 Å². The summed E-state index contributed by atoms with van der Waals surface area (Å²) in [5.41, 5.74) is 3.70. The Bertz CT molecular complexity index is 434. The van der Waals surface area contributed by atoms with Crippen molar-refractivity contribution in [3.05, 3.63) is 29.3 Å². The number of hydrogen-bond donors (Lipinski definition) is 2. The number of rotatable bonds is 5. The Morgan fingerprint density at radius 3 is 2.94 bits per heavy atom. The molecule has 0 atom stereocenters. The van der Waals surface area contributed by atoms with Gasteiger partial charge >= 0.3 is 0 Å². The van der Waals surface area contributed by atoms with Crippen molar-refractivity contribution in [3.8, 4) is 0 Å². The van der Waals surface area contributed by atoms with Crippen molar-refractivity contribution in [1.82, 2.24) is 5.32 Å². The molecule has 18 heavy (non-hydrogen) atoms. The van der Waals surface area contributed by atoms with Gasteiger partial charge < -0.3 is 10.2 Å². The average Bonchev–Trinajstić information content (AvgIpc) is 2.39. The van der Waals surface area contributed by atoms with Gasteiger partial charge in [-0.2, -0.15) is 12.6 Å². The highest BCUT2D eigenvalue weighted by Crippen LogP contribution is 2.27. The zero-order valence-corrected chi connectivity index (χ0v) is 11.7. The third kappa shape index (κ3) is 3.06. The summed E-state index contributed by atoms with van der Waals surface area (Å²) in [5.74, 6) is 1.09. The predicted octanol–water partition coefficient (Wildman–Crippen LogP) is 1.66. The minimum Gasteiger partial charge on any atom is -0.316 e. The summed E-state index contributed by atoms with van der Waals surface area (Å²) in [5, 5.41) is 3.34. The van der Waals surface area contributed by atoms with E-state index < -0.39 is 0 Å². The summed E-state index contributed by atoms with van der Waals surface area (Å²) in [7, 11) is 1.86. The van der Waals surface area contributed by atoms with Crippen LogP contribution in [-0.4, -0.2) is 31.8 Å². The Labute approximate surface area is 114 Å². The monoisotopic (exact) mass is 264 g/mol. The highest BCUT2D eigenvalue weighted by molar-refractivity contribution is 7.80. The number of carbonyl (C=O) groups is 1. The van der Waals surface area contributed by atoms with Crippen LogP contribution in [0.15, 0.2) is 18.2 Å². The molecule has 0 saturated carbocycles. The summed E-state index contributed by atoms with van der Waals surface area (Å²) >= 11 is 4.16. The van der Waals surface area contributed by atoms with Gasteiger partial charge in [-0.1, -0.05) is 12.1 Å². The molecule has 0 spiro atoms. The molecular formula is C14H20N2OS. The van der Waals surface area contributed by atoms with Crippen molar-refractivity contribution >= 4 is 24.2 Å². The Hall–Kier alpha value is -1.00. The van der Waals surface area contributed by atoms with Crippen LogP contribution in [0.4, 0.5) is 5.69 Å². The maximum Gasteiger partial charge on any atom is 0.227 e. The van der Waals surface area contributed by atoms with Gasteiger partial charge in [0.1, 0.15) is 0 Å². The first-order chi connectivity index (χ1) is 8.72. The van der Waals surface area contributed by atoms with Gasteiger partial charge in [-0.05, 0) is 36.6 Å². The van der Waals surface area contributed by atoms with E-state index in [1.165, 1.54) is 11.1 Å². The average molecular weight is 264 g/mol. The first-order valence-electron chi connectivity index (χ1n) is 6.42. The van der Waals surface area contributed by atoms with Crippen LogP contribution in [0, 0.1) is 0 Å². The minimum atomic E-state index is 0.214. The third-order valence-corrected chi connectivity index (χ3v) is 3.59. The van der Waals surface area contributed by atoms with Crippen LogP contribution in [0.3, 0.4) is 0 Å². The van der Waals surface area contributed by atoms with Gasteiger partial charge in [-0.3, -0.25) is 4.79 Å². The van der Waals surface area contributed by atoms with Gasteiger partial charge in [0.25, 0.3) is 0 Å². The number of hydrogen-bond acceptors (Lipinski definition) is 3. The second-order valence-electron chi connectivity index (χ2n) is 4.64. The number of nitrogens with zero attached hydrogens (tertiary/aromatic N) is 1. The van der Waals surface area contributed by atoms with E-state index in [1.807, 2.05) is 7.05 Å². The summed E-state index contributed by atoms with van der Waals surface area (Å²) in [6.45, 7) is 1.93. The molecule has 0 saturated heterocycles. The molecule has 2 rings (SSSR count). The highest BCUT2D eigenvalue weighted by Gasteiger charge is 2.20.